The number of aliphatic hydroxyl groups is 1. The van der Waals surface area contributed by atoms with Gasteiger partial charge in [0.25, 0.3) is 0 Å². The lowest BCUT2D eigenvalue weighted by Crippen LogP contribution is -2.41. The van der Waals surface area contributed by atoms with E-state index in [0.717, 1.165) is 25.7 Å². The molecule has 2 aliphatic carbocycles. The van der Waals surface area contributed by atoms with Crippen molar-refractivity contribution >= 4 is 7.85 Å². The van der Waals surface area contributed by atoms with Crippen LogP contribution in [0.4, 0.5) is 0 Å². The zero-order valence-electron chi connectivity index (χ0n) is 9.98. The van der Waals surface area contributed by atoms with Crippen LogP contribution in [-0.4, -0.2) is 37.1 Å². The van der Waals surface area contributed by atoms with Crippen LogP contribution in [0.3, 0.4) is 0 Å². The summed E-state index contributed by atoms with van der Waals surface area (Å²) < 4.78 is 11.9. The second kappa shape index (κ2) is 3.24. The van der Waals surface area contributed by atoms with Crippen molar-refractivity contribution in [3.05, 3.63) is 0 Å². The second-order valence-electron chi connectivity index (χ2n) is 6.03. The van der Waals surface area contributed by atoms with E-state index in [1.54, 1.807) is 0 Å². The number of aliphatic hydroxyl groups excluding tert-OH is 1. The highest BCUT2D eigenvalue weighted by molar-refractivity contribution is 6.12. The van der Waals surface area contributed by atoms with Gasteiger partial charge in [-0.3, -0.25) is 0 Å². The first kappa shape index (κ1) is 11.1. The SMILES string of the molecule is [B][C@@H]1C[C@@]2(CCC[C@@H]2O)C2OC(C)(C)OC21. The standard InChI is InChI=1S/C12H19BO3/c1-11(2)15-9-7(13)6-12(10(9)16-11)5-3-4-8(12)14/h7-10,14H,3-6H2,1-2H3/t7-,8+,9?,10?,12-/m1/s1. The summed E-state index contributed by atoms with van der Waals surface area (Å²) in [6.45, 7) is 3.85. The molecule has 0 bridgehead atoms. The molecule has 1 heterocycles. The van der Waals surface area contributed by atoms with Gasteiger partial charge >= 0.3 is 0 Å². The van der Waals surface area contributed by atoms with Crippen molar-refractivity contribution in [3.63, 3.8) is 0 Å². The van der Waals surface area contributed by atoms with Crippen molar-refractivity contribution in [1.82, 2.24) is 0 Å². The monoisotopic (exact) mass is 222 g/mol. The first-order chi connectivity index (χ1) is 7.45. The quantitative estimate of drug-likeness (QED) is 0.629. The third kappa shape index (κ3) is 1.33. The van der Waals surface area contributed by atoms with Gasteiger partial charge in [-0.05, 0) is 38.9 Å². The number of ether oxygens (including phenoxy) is 2. The molecular formula is C12H19BO3. The normalized spacial score (nSPS) is 54.7. The van der Waals surface area contributed by atoms with Gasteiger partial charge in [-0.25, -0.2) is 0 Å². The van der Waals surface area contributed by atoms with E-state index < -0.39 is 5.79 Å². The van der Waals surface area contributed by atoms with E-state index in [2.05, 4.69) is 0 Å². The molecule has 16 heavy (non-hydrogen) atoms. The van der Waals surface area contributed by atoms with E-state index in [0.29, 0.717) is 0 Å². The smallest absolute Gasteiger partial charge is 0.163 e. The summed E-state index contributed by atoms with van der Waals surface area (Å²) in [6, 6.07) is 0. The molecule has 2 saturated carbocycles. The van der Waals surface area contributed by atoms with Crippen molar-refractivity contribution in [1.29, 1.82) is 0 Å². The average molecular weight is 222 g/mol. The lowest BCUT2D eigenvalue weighted by atomic mass is 9.76. The third-order valence-electron chi connectivity index (χ3n) is 4.52. The minimum atomic E-state index is -0.553. The molecule has 0 aromatic rings. The molecule has 1 saturated heterocycles. The Bertz CT molecular complexity index is 307. The summed E-state index contributed by atoms with van der Waals surface area (Å²) >= 11 is 0. The van der Waals surface area contributed by atoms with Gasteiger partial charge < -0.3 is 14.6 Å². The van der Waals surface area contributed by atoms with E-state index >= 15 is 0 Å². The fraction of sp³-hybridized carbons (Fsp3) is 1.00. The van der Waals surface area contributed by atoms with Gasteiger partial charge in [0.1, 0.15) is 0 Å². The summed E-state index contributed by atoms with van der Waals surface area (Å²) in [5, 5.41) is 10.2. The molecule has 3 aliphatic rings. The van der Waals surface area contributed by atoms with Crippen LogP contribution in [0.5, 0.6) is 0 Å². The number of hydrogen-bond donors (Lipinski definition) is 1. The van der Waals surface area contributed by atoms with E-state index in [4.69, 9.17) is 17.3 Å². The van der Waals surface area contributed by atoms with E-state index in [1.165, 1.54) is 0 Å². The molecule has 4 heteroatoms. The van der Waals surface area contributed by atoms with Crippen LogP contribution >= 0.6 is 0 Å². The van der Waals surface area contributed by atoms with Crippen molar-refractivity contribution in [2.45, 2.75) is 69.4 Å². The van der Waals surface area contributed by atoms with Crippen LogP contribution in [0.2, 0.25) is 5.82 Å². The van der Waals surface area contributed by atoms with Gasteiger partial charge in [-0.1, -0.05) is 6.42 Å². The Morgan fingerprint density at radius 2 is 2.06 bits per heavy atom. The zero-order valence-corrected chi connectivity index (χ0v) is 9.98. The van der Waals surface area contributed by atoms with E-state index in [1.807, 2.05) is 13.8 Å². The van der Waals surface area contributed by atoms with Gasteiger partial charge in [0, 0.05) is 5.41 Å². The summed E-state index contributed by atoms with van der Waals surface area (Å²) in [5.74, 6) is -0.553. The zero-order chi connectivity index (χ0) is 11.6. The highest BCUT2D eigenvalue weighted by atomic mass is 16.8. The maximum atomic E-state index is 10.2. The maximum absolute atomic E-state index is 10.2. The lowest BCUT2D eigenvalue weighted by molar-refractivity contribution is -0.172. The molecule has 0 amide bonds. The molecule has 1 N–H and O–H groups in total. The van der Waals surface area contributed by atoms with E-state index in [-0.39, 0.29) is 29.5 Å². The Kier molecular flexibility index (Phi) is 2.24. The third-order valence-corrected chi connectivity index (χ3v) is 4.52. The van der Waals surface area contributed by atoms with Gasteiger partial charge in [0.2, 0.25) is 0 Å². The summed E-state index contributed by atoms with van der Waals surface area (Å²) in [4.78, 5) is 0. The molecule has 88 valence electrons. The number of fused-ring (bicyclic) bond motifs is 2. The second-order valence-corrected chi connectivity index (χ2v) is 6.03. The first-order valence-electron chi connectivity index (χ1n) is 6.24. The Labute approximate surface area is 97.9 Å². The van der Waals surface area contributed by atoms with Crippen LogP contribution in [0.15, 0.2) is 0 Å². The molecule has 3 nitrogen and oxygen atoms in total. The van der Waals surface area contributed by atoms with Gasteiger partial charge in [0.05, 0.1) is 26.2 Å². The van der Waals surface area contributed by atoms with Crippen LogP contribution in [0.25, 0.3) is 0 Å². The van der Waals surface area contributed by atoms with Crippen LogP contribution in [0, 0.1) is 5.41 Å². The van der Waals surface area contributed by atoms with E-state index in [9.17, 15) is 5.11 Å². The average Bonchev–Trinajstić information content (AvgIpc) is 2.75. The molecule has 2 radical (unpaired) electrons. The molecule has 3 fully saturated rings. The Hall–Kier alpha value is -0.0551. The Balaban J connectivity index is 1.93. The molecule has 5 atom stereocenters. The molecule has 0 aromatic carbocycles. The van der Waals surface area contributed by atoms with Crippen LogP contribution in [-0.2, 0) is 9.47 Å². The summed E-state index contributed by atoms with van der Waals surface area (Å²) in [6.07, 6.45) is 3.46. The first-order valence-corrected chi connectivity index (χ1v) is 6.24. The molecule has 1 spiro atoms. The predicted molar refractivity (Wildman–Crippen MR) is 60.2 cm³/mol. The number of rotatable bonds is 0. The largest absolute Gasteiger partial charge is 0.392 e. The fourth-order valence-corrected chi connectivity index (χ4v) is 3.87. The van der Waals surface area contributed by atoms with Crippen LogP contribution < -0.4 is 0 Å². The molecule has 3 rings (SSSR count). The minimum Gasteiger partial charge on any atom is -0.392 e. The summed E-state index contributed by atoms with van der Waals surface area (Å²) in [7, 11) is 6.14. The van der Waals surface area contributed by atoms with Gasteiger partial charge in [-0.2, -0.15) is 0 Å². The minimum absolute atomic E-state index is 0.000440. The predicted octanol–water partition coefficient (Wildman–Crippen LogP) is 1.40. The number of hydrogen-bond acceptors (Lipinski definition) is 3. The maximum Gasteiger partial charge on any atom is 0.163 e. The molecule has 2 unspecified atom stereocenters. The topological polar surface area (TPSA) is 38.7 Å². The fourth-order valence-electron chi connectivity index (χ4n) is 3.87. The van der Waals surface area contributed by atoms with Crippen molar-refractivity contribution < 1.29 is 14.6 Å². The van der Waals surface area contributed by atoms with Crippen LogP contribution in [0.1, 0.15) is 39.5 Å². The molecule has 0 aromatic heterocycles. The highest BCUT2D eigenvalue weighted by Crippen LogP contribution is 2.59. The van der Waals surface area contributed by atoms with Gasteiger partial charge in [-0.15, -0.1) is 0 Å². The Morgan fingerprint density at radius 3 is 2.69 bits per heavy atom. The summed E-state index contributed by atoms with van der Waals surface area (Å²) in [5.41, 5.74) is -0.141. The van der Waals surface area contributed by atoms with Crippen molar-refractivity contribution in [2.75, 3.05) is 0 Å². The van der Waals surface area contributed by atoms with Crippen molar-refractivity contribution in [2.24, 2.45) is 5.41 Å². The van der Waals surface area contributed by atoms with Crippen molar-refractivity contribution in [3.8, 4) is 0 Å². The highest BCUT2D eigenvalue weighted by Gasteiger charge is 2.63. The lowest BCUT2D eigenvalue weighted by Gasteiger charge is -2.34. The Morgan fingerprint density at radius 1 is 1.31 bits per heavy atom. The molecular weight excluding hydrogens is 203 g/mol. The van der Waals surface area contributed by atoms with Gasteiger partial charge in [0.15, 0.2) is 5.79 Å². The molecule has 1 aliphatic heterocycles.